The number of nitrogens with zero attached hydrogens (tertiary/aromatic N) is 2. The van der Waals surface area contributed by atoms with E-state index in [1.165, 1.54) is 12.1 Å². The fourth-order valence-electron chi connectivity index (χ4n) is 1.96. The third kappa shape index (κ3) is 3.42. The average molecular weight is 277 g/mol. The quantitative estimate of drug-likeness (QED) is 0.705. The van der Waals surface area contributed by atoms with E-state index in [4.69, 9.17) is 4.74 Å². The smallest absolute Gasteiger partial charge is 0.121 e. The first-order valence-corrected chi connectivity index (χ1v) is 6.40. The van der Waals surface area contributed by atoms with Gasteiger partial charge in [-0.15, -0.1) is 0 Å². The summed E-state index contributed by atoms with van der Waals surface area (Å²) in [5.41, 5.74) is 1.48. The van der Waals surface area contributed by atoms with Gasteiger partial charge < -0.3 is 20.3 Å². The van der Waals surface area contributed by atoms with Crippen LogP contribution in [0.2, 0.25) is 0 Å². The van der Waals surface area contributed by atoms with Crippen LogP contribution in [0.4, 0.5) is 5.69 Å². The van der Waals surface area contributed by atoms with Crippen molar-refractivity contribution in [3.63, 3.8) is 0 Å². The van der Waals surface area contributed by atoms with Crippen LogP contribution in [0.25, 0.3) is 0 Å². The maximum atomic E-state index is 9.82. The summed E-state index contributed by atoms with van der Waals surface area (Å²) in [7, 11) is 1.65. The fraction of sp³-hybridized carbons (Fsp3) is 0.357. The molecule has 0 amide bonds. The molecule has 1 aromatic heterocycles. The predicted octanol–water partition coefficient (Wildman–Crippen LogP) is 2.11. The number of aromatic nitrogens is 2. The molecule has 0 aliphatic heterocycles. The molecule has 1 atom stereocenters. The van der Waals surface area contributed by atoms with E-state index in [1.807, 2.05) is 13.1 Å². The second kappa shape index (κ2) is 6.29. The van der Waals surface area contributed by atoms with Gasteiger partial charge in [0, 0.05) is 18.9 Å². The highest BCUT2D eigenvalue weighted by molar-refractivity contribution is 5.46. The van der Waals surface area contributed by atoms with Gasteiger partial charge in [0.15, 0.2) is 0 Å². The Morgan fingerprint density at radius 2 is 2.20 bits per heavy atom. The van der Waals surface area contributed by atoms with E-state index in [-0.39, 0.29) is 17.5 Å². The highest BCUT2D eigenvalue weighted by atomic mass is 16.5. The lowest BCUT2D eigenvalue weighted by atomic mass is 10.1. The van der Waals surface area contributed by atoms with Crippen LogP contribution in [0.3, 0.4) is 0 Å². The van der Waals surface area contributed by atoms with Crippen LogP contribution in [0, 0.1) is 0 Å². The molecule has 0 fully saturated rings. The number of aromatic hydroxyl groups is 2. The van der Waals surface area contributed by atoms with E-state index in [0.717, 1.165) is 5.69 Å². The number of methoxy groups -OCH3 is 1. The molecule has 6 heteroatoms. The van der Waals surface area contributed by atoms with Gasteiger partial charge in [-0.2, -0.15) is 5.10 Å². The largest absolute Gasteiger partial charge is 0.508 e. The number of phenolic OH excluding ortho intramolecular Hbond substituents is 2. The molecule has 20 heavy (non-hydrogen) atoms. The summed E-state index contributed by atoms with van der Waals surface area (Å²) in [4.78, 5) is 0. The summed E-state index contributed by atoms with van der Waals surface area (Å²) in [5, 5.41) is 26.7. The summed E-state index contributed by atoms with van der Waals surface area (Å²) in [5.74, 6) is 0.275. The molecule has 0 spiro atoms. The fourth-order valence-corrected chi connectivity index (χ4v) is 1.96. The number of hydrogen-bond acceptors (Lipinski definition) is 5. The first kappa shape index (κ1) is 14.2. The normalized spacial score (nSPS) is 12.3. The molecule has 0 saturated carbocycles. The number of rotatable bonds is 6. The van der Waals surface area contributed by atoms with E-state index in [2.05, 4.69) is 10.4 Å². The maximum Gasteiger partial charge on any atom is 0.121 e. The molecular weight excluding hydrogens is 258 g/mol. The Hall–Kier alpha value is -2.21. The Kier molecular flexibility index (Phi) is 4.47. The summed E-state index contributed by atoms with van der Waals surface area (Å²) in [6, 6.07) is 4.32. The van der Waals surface area contributed by atoms with E-state index < -0.39 is 0 Å². The van der Waals surface area contributed by atoms with Crippen LogP contribution >= 0.6 is 0 Å². The van der Waals surface area contributed by atoms with Crippen LogP contribution < -0.4 is 5.32 Å². The highest BCUT2D eigenvalue weighted by Crippen LogP contribution is 2.29. The molecule has 2 aromatic rings. The summed E-state index contributed by atoms with van der Waals surface area (Å²) < 4.78 is 6.77. The minimum atomic E-state index is -0.151. The van der Waals surface area contributed by atoms with Crippen molar-refractivity contribution in [3.8, 4) is 11.5 Å². The molecular formula is C14H19N3O3. The monoisotopic (exact) mass is 277 g/mol. The van der Waals surface area contributed by atoms with Gasteiger partial charge in [0.05, 0.1) is 31.1 Å². The second-order valence-electron chi connectivity index (χ2n) is 4.59. The molecule has 0 aliphatic carbocycles. The third-order valence-electron chi connectivity index (χ3n) is 3.02. The molecule has 0 bridgehead atoms. The molecule has 1 heterocycles. The minimum absolute atomic E-state index is 0.127. The topological polar surface area (TPSA) is 79.5 Å². The van der Waals surface area contributed by atoms with Crippen LogP contribution in [0.5, 0.6) is 11.5 Å². The highest BCUT2D eigenvalue weighted by Gasteiger charge is 2.12. The van der Waals surface area contributed by atoms with Crippen molar-refractivity contribution < 1.29 is 14.9 Å². The number of phenols is 2. The van der Waals surface area contributed by atoms with Crippen molar-refractivity contribution in [2.75, 3.05) is 19.0 Å². The Labute approximate surface area is 117 Å². The molecule has 0 radical (unpaired) electrons. The zero-order chi connectivity index (χ0) is 14.5. The Morgan fingerprint density at radius 3 is 2.95 bits per heavy atom. The first-order chi connectivity index (χ1) is 9.60. The zero-order valence-electron chi connectivity index (χ0n) is 11.6. The molecule has 1 unspecified atom stereocenters. The van der Waals surface area contributed by atoms with Crippen LogP contribution in [-0.4, -0.2) is 33.7 Å². The van der Waals surface area contributed by atoms with Crippen LogP contribution in [-0.2, 0) is 11.3 Å². The van der Waals surface area contributed by atoms with Crippen molar-refractivity contribution in [1.82, 2.24) is 9.78 Å². The Balaban J connectivity index is 2.05. The number of benzene rings is 1. The summed E-state index contributed by atoms with van der Waals surface area (Å²) in [6.07, 6.45) is 3.58. The second-order valence-corrected chi connectivity index (χ2v) is 4.59. The van der Waals surface area contributed by atoms with E-state index >= 15 is 0 Å². The molecule has 108 valence electrons. The first-order valence-electron chi connectivity index (χ1n) is 6.40. The molecule has 0 aliphatic rings. The average Bonchev–Trinajstić information content (AvgIpc) is 2.86. The lowest BCUT2D eigenvalue weighted by molar-refractivity contribution is 0.183. The Bertz CT molecular complexity index is 569. The number of ether oxygens (including phenoxy) is 1. The SMILES string of the molecule is COCCn1cc(NC(C)c2cc(O)ccc2O)cn1. The van der Waals surface area contributed by atoms with Crippen molar-refractivity contribution in [3.05, 3.63) is 36.2 Å². The maximum absolute atomic E-state index is 9.82. The molecule has 6 nitrogen and oxygen atoms in total. The standard InChI is InChI=1S/C14H19N3O3/c1-10(13-7-12(18)3-4-14(13)19)16-11-8-15-17(9-11)5-6-20-2/h3-4,7-10,16,18-19H,5-6H2,1-2H3. The predicted molar refractivity (Wildman–Crippen MR) is 75.9 cm³/mol. The van der Waals surface area contributed by atoms with Crippen molar-refractivity contribution in [1.29, 1.82) is 0 Å². The van der Waals surface area contributed by atoms with Gasteiger partial charge >= 0.3 is 0 Å². The van der Waals surface area contributed by atoms with Gasteiger partial charge in [-0.25, -0.2) is 0 Å². The lowest BCUT2D eigenvalue weighted by Crippen LogP contribution is -2.07. The lowest BCUT2D eigenvalue weighted by Gasteiger charge is -2.15. The molecule has 1 aromatic carbocycles. The van der Waals surface area contributed by atoms with Gasteiger partial charge in [-0.1, -0.05) is 0 Å². The number of anilines is 1. The van der Waals surface area contributed by atoms with E-state index in [9.17, 15) is 10.2 Å². The van der Waals surface area contributed by atoms with Gasteiger partial charge in [-0.3, -0.25) is 4.68 Å². The number of hydrogen-bond donors (Lipinski definition) is 3. The molecule has 3 N–H and O–H groups in total. The van der Waals surface area contributed by atoms with Gasteiger partial charge in [0.1, 0.15) is 11.5 Å². The number of nitrogens with one attached hydrogen (secondary N) is 1. The third-order valence-corrected chi connectivity index (χ3v) is 3.02. The van der Waals surface area contributed by atoms with Crippen molar-refractivity contribution in [2.24, 2.45) is 0 Å². The molecule has 2 rings (SSSR count). The minimum Gasteiger partial charge on any atom is -0.508 e. The van der Waals surface area contributed by atoms with E-state index in [1.54, 1.807) is 24.1 Å². The van der Waals surface area contributed by atoms with Gasteiger partial charge in [0.2, 0.25) is 0 Å². The molecule has 0 saturated heterocycles. The summed E-state index contributed by atoms with van der Waals surface area (Å²) in [6.45, 7) is 3.19. The van der Waals surface area contributed by atoms with Crippen LogP contribution in [0.15, 0.2) is 30.6 Å². The van der Waals surface area contributed by atoms with Crippen molar-refractivity contribution >= 4 is 5.69 Å². The summed E-state index contributed by atoms with van der Waals surface area (Å²) >= 11 is 0. The van der Waals surface area contributed by atoms with Gasteiger partial charge in [0.25, 0.3) is 0 Å². The Morgan fingerprint density at radius 1 is 1.40 bits per heavy atom. The van der Waals surface area contributed by atoms with Gasteiger partial charge in [-0.05, 0) is 25.1 Å². The zero-order valence-corrected chi connectivity index (χ0v) is 11.6. The van der Waals surface area contributed by atoms with Crippen LogP contribution in [0.1, 0.15) is 18.5 Å². The van der Waals surface area contributed by atoms with Crippen molar-refractivity contribution in [2.45, 2.75) is 19.5 Å². The van der Waals surface area contributed by atoms with E-state index in [0.29, 0.717) is 18.7 Å².